The molecule has 0 bridgehead atoms. The van der Waals surface area contributed by atoms with Crippen LogP contribution < -0.4 is 16.2 Å². The molecular weight excluding hydrogens is 266 g/mol. The molecule has 0 radical (unpaired) electrons. The third kappa shape index (κ3) is 3.44. The van der Waals surface area contributed by atoms with Gasteiger partial charge in [0.2, 0.25) is 0 Å². The second kappa shape index (κ2) is 7.04. The van der Waals surface area contributed by atoms with E-state index in [9.17, 15) is 5.11 Å². The SMILES string of the molecule is Cc1c(NN)nc(C(C)C)nc1N1CCCCCC1CO. The third-order valence-corrected chi connectivity index (χ3v) is 4.15. The molecule has 21 heavy (non-hydrogen) atoms. The van der Waals surface area contributed by atoms with Gasteiger partial charge in [-0.3, -0.25) is 0 Å². The summed E-state index contributed by atoms with van der Waals surface area (Å²) in [5.41, 5.74) is 3.62. The maximum absolute atomic E-state index is 9.72. The molecule has 118 valence electrons. The first-order valence-corrected chi connectivity index (χ1v) is 7.81. The van der Waals surface area contributed by atoms with Crippen molar-refractivity contribution < 1.29 is 5.11 Å². The fourth-order valence-corrected chi connectivity index (χ4v) is 2.85. The molecule has 1 saturated heterocycles. The standard InChI is InChI=1S/C15H27N5O/c1-10(2)13-17-14(19-16)11(3)15(18-13)20-8-6-4-5-7-12(20)9-21/h10,12,21H,4-9,16H2,1-3H3,(H,17,18,19). The predicted molar refractivity (Wildman–Crippen MR) is 85.4 cm³/mol. The molecule has 1 atom stereocenters. The molecule has 2 rings (SSSR count). The molecule has 1 fully saturated rings. The Kier molecular flexibility index (Phi) is 5.36. The molecular formula is C15H27N5O. The van der Waals surface area contributed by atoms with E-state index in [1.165, 1.54) is 6.42 Å². The average molecular weight is 293 g/mol. The van der Waals surface area contributed by atoms with E-state index in [-0.39, 0.29) is 18.6 Å². The van der Waals surface area contributed by atoms with Crippen molar-refractivity contribution in [2.75, 3.05) is 23.5 Å². The van der Waals surface area contributed by atoms with Crippen molar-refractivity contribution in [3.8, 4) is 0 Å². The summed E-state index contributed by atoms with van der Waals surface area (Å²) in [6.07, 6.45) is 4.49. The van der Waals surface area contributed by atoms with E-state index in [0.717, 1.165) is 43.0 Å². The third-order valence-electron chi connectivity index (χ3n) is 4.15. The number of aliphatic hydroxyl groups excluding tert-OH is 1. The summed E-state index contributed by atoms with van der Waals surface area (Å²) in [6.45, 7) is 7.20. The monoisotopic (exact) mass is 293 g/mol. The summed E-state index contributed by atoms with van der Waals surface area (Å²) < 4.78 is 0. The largest absolute Gasteiger partial charge is 0.394 e. The molecule has 1 aliphatic heterocycles. The van der Waals surface area contributed by atoms with E-state index in [1.807, 2.05) is 6.92 Å². The maximum Gasteiger partial charge on any atom is 0.148 e. The van der Waals surface area contributed by atoms with Crippen LogP contribution in [0.5, 0.6) is 0 Å². The molecule has 1 aromatic heterocycles. The summed E-state index contributed by atoms with van der Waals surface area (Å²) in [4.78, 5) is 11.5. The Morgan fingerprint density at radius 2 is 2.10 bits per heavy atom. The molecule has 4 N–H and O–H groups in total. The van der Waals surface area contributed by atoms with Gasteiger partial charge >= 0.3 is 0 Å². The summed E-state index contributed by atoms with van der Waals surface area (Å²) in [5, 5.41) is 9.72. The van der Waals surface area contributed by atoms with Crippen LogP contribution in [0.1, 0.15) is 56.8 Å². The van der Waals surface area contributed by atoms with E-state index in [2.05, 4.69) is 29.2 Å². The lowest BCUT2D eigenvalue weighted by Gasteiger charge is -2.31. The summed E-state index contributed by atoms with van der Waals surface area (Å²) in [7, 11) is 0. The van der Waals surface area contributed by atoms with Gasteiger partial charge < -0.3 is 15.4 Å². The summed E-state index contributed by atoms with van der Waals surface area (Å²) >= 11 is 0. The maximum atomic E-state index is 9.72. The van der Waals surface area contributed by atoms with Crippen LogP contribution in [-0.2, 0) is 0 Å². The number of aliphatic hydroxyl groups is 1. The Labute approximate surface area is 126 Å². The number of nitrogens with one attached hydrogen (secondary N) is 1. The van der Waals surface area contributed by atoms with Crippen LogP contribution in [0.15, 0.2) is 0 Å². The molecule has 0 aliphatic carbocycles. The molecule has 1 aromatic rings. The predicted octanol–water partition coefficient (Wildman–Crippen LogP) is 1.94. The van der Waals surface area contributed by atoms with Crippen LogP contribution in [-0.4, -0.2) is 34.3 Å². The first kappa shape index (κ1) is 16.0. The second-order valence-corrected chi connectivity index (χ2v) is 6.06. The zero-order valence-electron chi connectivity index (χ0n) is 13.3. The molecule has 6 heteroatoms. The number of nitrogen functional groups attached to an aromatic ring is 1. The highest BCUT2D eigenvalue weighted by Gasteiger charge is 2.25. The van der Waals surface area contributed by atoms with Gasteiger partial charge in [0.05, 0.1) is 12.6 Å². The molecule has 1 aliphatic rings. The van der Waals surface area contributed by atoms with Gasteiger partial charge in [-0.1, -0.05) is 26.7 Å². The van der Waals surface area contributed by atoms with Crippen LogP contribution in [0.4, 0.5) is 11.6 Å². The number of nitrogens with two attached hydrogens (primary N) is 1. The van der Waals surface area contributed by atoms with Gasteiger partial charge in [0.15, 0.2) is 0 Å². The summed E-state index contributed by atoms with van der Waals surface area (Å²) in [5.74, 6) is 8.20. The Bertz CT molecular complexity index is 477. The molecule has 0 aromatic carbocycles. The topological polar surface area (TPSA) is 87.3 Å². The zero-order valence-corrected chi connectivity index (χ0v) is 13.3. The number of hydrazine groups is 1. The Hall–Kier alpha value is -1.40. The van der Waals surface area contributed by atoms with E-state index >= 15 is 0 Å². The van der Waals surface area contributed by atoms with Gasteiger partial charge in [0.25, 0.3) is 0 Å². The van der Waals surface area contributed by atoms with Gasteiger partial charge in [0, 0.05) is 18.0 Å². The normalized spacial score (nSPS) is 19.7. The van der Waals surface area contributed by atoms with E-state index in [4.69, 9.17) is 10.8 Å². The number of hydrogen-bond acceptors (Lipinski definition) is 6. The van der Waals surface area contributed by atoms with Crippen molar-refractivity contribution in [1.29, 1.82) is 0 Å². The van der Waals surface area contributed by atoms with Crippen LogP contribution in [0.3, 0.4) is 0 Å². The van der Waals surface area contributed by atoms with Crippen LogP contribution in [0, 0.1) is 6.92 Å². The number of rotatable bonds is 4. The average Bonchev–Trinajstić information content (AvgIpc) is 2.72. The molecule has 0 spiro atoms. The first-order valence-electron chi connectivity index (χ1n) is 7.81. The van der Waals surface area contributed by atoms with Crippen LogP contribution >= 0.6 is 0 Å². The lowest BCUT2D eigenvalue weighted by molar-refractivity contribution is 0.254. The van der Waals surface area contributed by atoms with Crippen LogP contribution in [0.25, 0.3) is 0 Å². The van der Waals surface area contributed by atoms with Crippen molar-refractivity contribution in [2.24, 2.45) is 5.84 Å². The number of hydrogen-bond donors (Lipinski definition) is 3. The van der Waals surface area contributed by atoms with E-state index in [0.29, 0.717) is 5.82 Å². The van der Waals surface area contributed by atoms with Gasteiger partial charge in [-0.25, -0.2) is 15.8 Å². The van der Waals surface area contributed by atoms with Gasteiger partial charge in [-0.05, 0) is 19.8 Å². The Balaban J connectivity index is 2.46. The lowest BCUT2D eigenvalue weighted by atomic mass is 10.1. The van der Waals surface area contributed by atoms with E-state index < -0.39 is 0 Å². The minimum Gasteiger partial charge on any atom is -0.394 e. The van der Waals surface area contributed by atoms with Crippen molar-refractivity contribution in [3.05, 3.63) is 11.4 Å². The Morgan fingerprint density at radius 3 is 2.71 bits per heavy atom. The van der Waals surface area contributed by atoms with Crippen molar-refractivity contribution >= 4 is 11.6 Å². The molecule has 2 heterocycles. The molecule has 0 amide bonds. The Morgan fingerprint density at radius 1 is 1.33 bits per heavy atom. The van der Waals surface area contributed by atoms with Crippen molar-refractivity contribution in [2.45, 2.75) is 58.4 Å². The van der Waals surface area contributed by atoms with Gasteiger partial charge in [0.1, 0.15) is 17.5 Å². The number of anilines is 2. The smallest absolute Gasteiger partial charge is 0.148 e. The molecule has 1 unspecified atom stereocenters. The van der Waals surface area contributed by atoms with Crippen molar-refractivity contribution in [3.63, 3.8) is 0 Å². The lowest BCUT2D eigenvalue weighted by Crippen LogP contribution is -2.39. The summed E-state index contributed by atoms with van der Waals surface area (Å²) in [6, 6.07) is 0.131. The fourth-order valence-electron chi connectivity index (χ4n) is 2.85. The fraction of sp³-hybridized carbons (Fsp3) is 0.733. The minimum atomic E-state index is 0.131. The van der Waals surface area contributed by atoms with Gasteiger partial charge in [-0.15, -0.1) is 0 Å². The quantitative estimate of drug-likeness (QED) is 0.581. The molecule has 6 nitrogen and oxygen atoms in total. The van der Waals surface area contributed by atoms with Gasteiger partial charge in [-0.2, -0.15) is 0 Å². The first-order chi connectivity index (χ1) is 10.1. The minimum absolute atomic E-state index is 0.131. The number of aromatic nitrogens is 2. The highest BCUT2D eigenvalue weighted by Crippen LogP contribution is 2.29. The highest BCUT2D eigenvalue weighted by molar-refractivity contribution is 5.59. The number of nitrogens with zero attached hydrogens (tertiary/aromatic N) is 3. The second-order valence-electron chi connectivity index (χ2n) is 6.06. The highest BCUT2D eigenvalue weighted by atomic mass is 16.3. The van der Waals surface area contributed by atoms with Crippen molar-refractivity contribution in [1.82, 2.24) is 9.97 Å². The zero-order chi connectivity index (χ0) is 15.4. The van der Waals surface area contributed by atoms with E-state index in [1.54, 1.807) is 0 Å². The van der Waals surface area contributed by atoms with Crippen LogP contribution in [0.2, 0.25) is 0 Å². The molecule has 0 saturated carbocycles.